The number of carbonyl (C=O) groups is 1. The highest BCUT2D eigenvalue weighted by atomic mass is 35.5. The fourth-order valence-electron chi connectivity index (χ4n) is 1.93. The van der Waals surface area contributed by atoms with Crippen LogP contribution in [0.3, 0.4) is 0 Å². The van der Waals surface area contributed by atoms with Crippen LogP contribution in [0.2, 0.25) is 5.28 Å². The van der Waals surface area contributed by atoms with Crippen LogP contribution >= 0.6 is 11.6 Å². The second-order valence-corrected chi connectivity index (χ2v) is 4.10. The van der Waals surface area contributed by atoms with Crippen molar-refractivity contribution in [2.75, 3.05) is 25.7 Å². The summed E-state index contributed by atoms with van der Waals surface area (Å²) in [6.45, 7) is 0.670. The van der Waals surface area contributed by atoms with Crippen LogP contribution in [0.4, 0.5) is 5.95 Å². The third-order valence-electron chi connectivity index (χ3n) is 2.74. The van der Waals surface area contributed by atoms with Gasteiger partial charge in [0.25, 0.3) is 0 Å². The number of methoxy groups -OCH3 is 2. The molecule has 1 unspecified atom stereocenters. The summed E-state index contributed by atoms with van der Waals surface area (Å²) in [6, 6.07) is -0.251. The van der Waals surface area contributed by atoms with Gasteiger partial charge in [0.05, 0.1) is 14.2 Å². The summed E-state index contributed by atoms with van der Waals surface area (Å²) >= 11 is 5.78. The van der Waals surface area contributed by atoms with Crippen LogP contribution in [0, 0.1) is 0 Å². The van der Waals surface area contributed by atoms with Crippen LogP contribution in [0.5, 0.6) is 6.01 Å². The number of rotatable bonds is 3. The van der Waals surface area contributed by atoms with Gasteiger partial charge in [0, 0.05) is 6.54 Å². The van der Waals surface area contributed by atoms with E-state index in [2.05, 4.69) is 15.0 Å². The summed E-state index contributed by atoms with van der Waals surface area (Å²) in [5, 5.41) is 0.0346. The lowest BCUT2D eigenvalue weighted by Gasteiger charge is -2.22. The van der Waals surface area contributed by atoms with Crippen molar-refractivity contribution in [3.8, 4) is 6.01 Å². The van der Waals surface area contributed by atoms with E-state index in [1.807, 2.05) is 0 Å². The van der Waals surface area contributed by atoms with Crippen LogP contribution in [-0.2, 0) is 9.53 Å². The van der Waals surface area contributed by atoms with Gasteiger partial charge in [-0.3, -0.25) is 0 Å². The maximum atomic E-state index is 11.6. The first-order valence-electron chi connectivity index (χ1n) is 5.45. The van der Waals surface area contributed by atoms with Crippen LogP contribution in [0.25, 0.3) is 0 Å². The van der Waals surface area contributed by atoms with Crippen LogP contribution in [0.15, 0.2) is 0 Å². The summed E-state index contributed by atoms with van der Waals surface area (Å²) < 4.78 is 9.68. The molecule has 0 spiro atoms. The Morgan fingerprint density at radius 1 is 1.39 bits per heavy atom. The first kappa shape index (κ1) is 12.8. The number of esters is 1. The molecule has 0 saturated carbocycles. The molecule has 18 heavy (non-hydrogen) atoms. The molecular weight excluding hydrogens is 260 g/mol. The number of hydrogen-bond donors (Lipinski definition) is 0. The molecule has 1 saturated heterocycles. The summed E-state index contributed by atoms with van der Waals surface area (Å²) in [6.07, 6.45) is 1.57. The summed E-state index contributed by atoms with van der Waals surface area (Å²) in [7, 11) is 2.80. The Kier molecular flexibility index (Phi) is 3.81. The van der Waals surface area contributed by atoms with E-state index in [4.69, 9.17) is 21.1 Å². The summed E-state index contributed by atoms with van der Waals surface area (Å²) in [5.74, 6) is 0.0303. The van der Waals surface area contributed by atoms with Gasteiger partial charge in [-0.1, -0.05) is 0 Å². The maximum Gasteiger partial charge on any atom is 0.328 e. The quantitative estimate of drug-likeness (QED) is 0.749. The third kappa shape index (κ3) is 2.45. The molecule has 0 bridgehead atoms. The van der Waals surface area contributed by atoms with Crippen LogP contribution in [0.1, 0.15) is 12.8 Å². The number of nitrogens with zero attached hydrogens (tertiary/aromatic N) is 4. The van der Waals surface area contributed by atoms with Gasteiger partial charge < -0.3 is 14.4 Å². The van der Waals surface area contributed by atoms with Gasteiger partial charge in [-0.05, 0) is 24.4 Å². The SMILES string of the molecule is COC(=O)C1CCCN1c1nc(Cl)nc(OC)n1. The smallest absolute Gasteiger partial charge is 0.328 e. The lowest BCUT2D eigenvalue weighted by molar-refractivity contribution is -0.141. The molecule has 7 nitrogen and oxygen atoms in total. The van der Waals surface area contributed by atoms with Crippen molar-refractivity contribution in [1.82, 2.24) is 15.0 Å². The number of carbonyl (C=O) groups excluding carboxylic acids is 1. The molecular formula is C10H13ClN4O3. The Morgan fingerprint density at radius 3 is 2.83 bits per heavy atom. The zero-order chi connectivity index (χ0) is 13.1. The van der Waals surface area contributed by atoms with Gasteiger partial charge in [-0.2, -0.15) is 15.0 Å². The molecule has 1 aliphatic heterocycles. The third-order valence-corrected chi connectivity index (χ3v) is 2.91. The van der Waals surface area contributed by atoms with E-state index >= 15 is 0 Å². The Balaban J connectivity index is 2.29. The molecule has 0 N–H and O–H groups in total. The van der Waals surface area contributed by atoms with E-state index in [0.29, 0.717) is 18.9 Å². The molecule has 98 valence electrons. The minimum atomic E-state index is -0.377. The van der Waals surface area contributed by atoms with Crippen LogP contribution < -0.4 is 9.64 Å². The van der Waals surface area contributed by atoms with Crippen molar-refractivity contribution in [2.45, 2.75) is 18.9 Å². The van der Waals surface area contributed by atoms with Crippen molar-refractivity contribution < 1.29 is 14.3 Å². The van der Waals surface area contributed by atoms with E-state index in [1.165, 1.54) is 14.2 Å². The second-order valence-electron chi connectivity index (χ2n) is 3.77. The number of hydrogen-bond acceptors (Lipinski definition) is 7. The normalized spacial score (nSPS) is 18.8. The highest BCUT2D eigenvalue weighted by Gasteiger charge is 2.33. The van der Waals surface area contributed by atoms with Crippen molar-refractivity contribution in [1.29, 1.82) is 0 Å². The molecule has 1 aromatic heterocycles. The molecule has 2 rings (SSSR count). The molecule has 0 amide bonds. The Bertz CT molecular complexity index is 457. The molecule has 1 fully saturated rings. The maximum absolute atomic E-state index is 11.6. The van der Waals surface area contributed by atoms with Gasteiger partial charge >= 0.3 is 12.0 Å². The second kappa shape index (κ2) is 5.34. The first-order valence-corrected chi connectivity index (χ1v) is 5.83. The molecule has 1 aliphatic rings. The van der Waals surface area contributed by atoms with Gasteiger partial charge in [0.2, 0.25) is 11.2 Å². The standard InChI is InChI=1S/C10H13ClN4O3/c1-17-7(16)6-4-3-5-15(6)9-12-8(11)13-10(14-9)18-2/h6H,3-5H2,1-2H3. The predicted octanol–water partition coefficient (Wildman–Crippen LogP) is 0.675. The topological polar surface area (TPSA) is 77.4 Å². The average molecular weight is 273 g/mol. The fraction of sp³-hybridized carbons (Fsp3) is 0.600. The lowest BCUT2D eigenvalue weighted by atomic mass is 10.2. The fourth-order valence-corrected chi connectivity index (χ4v) is 2.08. The molecule has 0 aromatic carbocycles. The van der Waals surface area contributed by atoms with Gasteiger partial charge in [-0.25, -0.2) is 4.79 Å². The Labute approximate surface area is 109 Å². The Hall–Kier alpha value is -1.63. The first-order chi connectivity index (χ1) is 8.65. The van der Waals surface area contributed by atoms with Crippen molar-refractivity contribution in [2.24, 2.45) is 0 Å². The van der Waals surface area contributed by atoms with Gasteiger partial charge in [-0.15, -0.1) is 0 Å². The zero-order valence-electron chi connectivity index (χ0n) is 10.1. The number of ether oxygens (including phenoxy) is 2. The highest BCUT2D eigenvalue weighted by molar-refractivity contribution is 6.28. The minimum Gasteiger partial charge on any atom is -0.467 e. The summed E-state index contributed by atoms with van der Waals surface area (Å²) in [4.78, 5) is 25.3. The van der Waals surface area contributed by atoms with Gasteiger partial charge in [0.15, 0.2) is 0 Å². The monoisotopic (exact) mass is 272 g/mol. The molecule has 0 aliphatic carbocycles. The molecule has 2 heterocycles. The van der Waals surface area contributed by atoms with Crippen molar-refractivity contribution >= 4 is 23.5 Å². The van der Waals surface area contributed by atoms with E-state index in [9.17, 15) is 4.79 Å². The zero-order valence-corrected chi connectivity index (χ0v) is 10.8. The molecule has 1 aromatic rings. The number of halogens is 1. The van der Waals surface area contributed by atoms with Crippen molar-refractivity contribution in [3.05, 3.63) is 5.28 Å². The van der Waals surface area contributed by atoms with Gasteiger partial charge in [0.1, 0.15) is 6.04 Å². The average Bonchev–Trinajstić information content (AvgIpc) is 2.86. The number of aromatic nitrogens is 3. The molecule has 1 atom stereocenters. The number of anilines is 1. The minimum absolute atomic E-state index is 0.0346. The van der Waals surface area contributed by atoms with E-state index in [1.54, 1.807) is 4.90 Å². The lowest BCUT2D eigenvalue weighted by Crippen LogP contribution is -2.38. The van der Waals surface area contributed by atoms with E-state index in [0.717, 1.165) is 6.42 Å². The summed E-state index contributed by atoms with van der Waals surface area (Å²) in [5.41, 5.74) is 0. The Morgan fingerprint density at radius 2 is 2.17 bits per heavy atom. The highest BCUT2D eigenvalue weighted by Crippen LogP contribution is 2.25. The molecule has 0 radical (unpaired) electrons. The van der Waals surface area contributed by atoms with E-state index in [-0.39, 0.29) is 23.3 Å². The largest absolute Gasteiger partial charge is 0.467 e. The van der Waals surface area contributed by atoms with Crippen LogP contribution in [-0.4, -0.2) is 47.7 Å². The van der Waals surface area contributed by atoms with E-state index < -0.39 is 0 Å². The van der Waals surface area contributed by atoms with Crippen molar-refractivity contribution in [3.63, 3.8) is 0 Å². The molecule has 8 heteroatoms. The predicted molar refractivity (Wildman–Crippen MR) is 63.8 cm³/mol.